The highest BCUT2D eigenvalue weighted by molar-refractivity contribution is 5.93. The molecule has 1 N–H and O–H groups in total. The summed E-state index contributed by atoms with van der Waals surface area (Å²) in [4.78, 5) is 42.2. The van der Waals surface area contributed by atoms with Crippen molar-refractivity contribution in [3.8, 4) is 0 Å². The molecular weight excluding hydrogens is 360 g/mol. The topological polar surface area (TPSA) is 97.3 Å². The summed E-state index contributed by atoms with van der Waals surface area (Å²) in [6, 6.07) is 9.50. The van der Waals surface area contributed by atoms with Crippen LogP contribution < -0.4 is 5.69 Å². The molecule has 8 heteroatoms. The highest BCUT2D eigenvalue weighted by Gasteiger charge is 2.62. The van der Waals surface area contributed by atoms with Gasteiger partial charge in [-0.1, -0.05) is 30.3 Å². The zero-order valence-electron chi connectivity index (χ0n) is 16.1. The number of nitrogens with zero attached hydrogens (tertiary/aromatic N) is 3. The number of fused-ring (bicyclic) bond motifs is 2. The maximum atomic E-state index is 13.1. The standard InChI is InChI=1S/C20H24N4O4/c1-3-28-18(26)20(11-13-7-5-4-6-8-13)12-14-9-10-15(20)24(14)17(25)16-21-19(27)23(2)22-16/h4-8,14-15H,3,9-12H2,1-2H3,(H,21,22,27)/t14-,15+,20+/m1/s1. The summed E-state index contributed by atoms with van der Waals surface area (Å²) >= 11 is 0. The van der Waals surface area contributed by atoms with Crippen LogP contribution in [0.3, 0.4) is 0 Å². The fourth-order valence-corrected chi connectivity index (χ4v) is 4.83. The van der Waals surface area contributed by atoms with Gasteiger partial charge < -0.3 is 9.64 Å². The van der Waals surface area contributed by atoms with Gasteiger partial charge in [0.05, 0.1) is 12.0 Å². The number of aryl methyl sites for hydroxylation is 1. The number of benzene rings is 1. The summed E-state index contributed by atoms with van der Waals surface area (Å²) in [6.07, 6.45) is 2.66. The van der Waals surface area contributed by atoms with Crippen LogP contribution in [0.2, 0.25) is 0 Å². The number of aromatic nitrogens is 3. The van der Waals surface area contributed by atoms with E-state index in [9.17, 15) is 14.4 Å². The minimum Gasteiger partial charge on any atom is -0.465 e. The minimum atomic E-state index is -0.773. The number of ether oxygens (including phenoxy) is 1. The Kier molecular flexibility index (Phi) is 4.56. The van der Waals surface area contributed by atoms with E-state index in [0.29, 0.717) is 19.4 Å². The number of carbonyl (C=O) groups excluding carboxylic acids is 2. The van der Waals surface area contributed by atoms with E-state index in [1.54, 1.807) is 11.8 Å². The van der Waals surface area contributed by atoms with Gasteiger partial charge in [-0.3, -0.25) is 14.6 Å². The molecule has 2 aliphatic heterocycles. The molecule has 2 saturated heterocycles. The van der Waals surface area contributed by atoms with Gasteiger partial charge in [-0.25, -0.2) is 9.48 Å². The second-order valence-electron chi connectivity index (χ2n) is 7.60. The first-order valence-corrected chi connectivity index (χ1v) is 9.63. The van der Waals surface area contributed by atoms with Gasteiger partial charge in [0.15, 0.2) is 0 Å². The number of hydrogen-bond acceptors (Lipinski definition) is 5. The molecule has 3 atom stereocenters. The molecule has 0 radical (unpaired) electrons. The third kappa shape index (κ3) is 2.83. The molecule has 1 aromatic carbocycles. The maximum absolute atomic E-state index is 13.1. The SMILES string of the molecule is CCOC(=O)[C@@]1(Cc2ccccc2)C[C@H]2CC[C@@H]1N2C(=O)c1nn(C)c(=O)[nH]1. The average molecular weight is 384 g/mol. The molecule has 2 aromatic rings. The van der Waals surface area contributed by atoms with Gasteiger partial charge in [-0.15, -0.1) is 5.10 Å². The molecule has 0 unspecified atom stereocenters. The quantitative estimate of drug-likeness (QED) is 0.783. The zero-order valence-corrected chi connectivity index (χ0v) is 16.1. The fraction of sp³-hybridized carbons (Fsp3) is 0.500. The van der Waals surface area contributed by atoms with Crippen molar-refractivity contribution < 1.29 is 14.3 Å². The fourth-order valence-electron chi connectivity index (χ4n) is 4.83. The van der Waals surface area contributed by atoms with Crippen LogP contribution in [0.25, 0.3) is 0 Å². The molecule has 4 rings (SSSR count). The Hall–Kier alpha value is -2.90. The largest absolute Gasteiger partial charge is 0.465 e. The molecule has 0 spiro atoms. The number of H-pyrrole nitrogens is 1. The van der Waals surface area contributed by atoms with Crippen LogP contribution in [0.4, 0.5) is 0 Å². The van der Waals surface area contributed by atoms with Crippen LogP contribution in [-0.4, -0.2) is 50.2 Å². The maximum Gasteiger partial charge on any atom is 0.343 e. The number of rotatable bonds is 5. The summed E-state index contributed by atoms with van der Waals surface area (Å²) < 4.78 is 6.56. The summed E-state index contributed by atoms with van der Waals surface area (Å²) in [6.45, 7) is 2.09. The summed E-state index contributed by atoms with van der Waals surface area (Å²) in [7, 11) is 1.49. The van der Waals surface area contributed by atoms with E-state index >= 15 is 0 Å². The average Bonchev–Trinajstić information content (AvgIpc) is 3.34. The predicted molar refractivity (Wildman–Crippen MR) is 101 cm³/mol. The smallest absolute Gasteiger partial charge is 0.343 e. The van der Waals surface area contributed by atoms with Crippen molar-refractivity contribution in [3.05, 3.63) is 52.2 Å². The lowest BCUT2D eigenvalue weighted by molar-refractivity contribution is -0.157. The Bertz CT molecular complexity index is 951. The van der Waals surface area contributed by atoms with Gasteiger partial charge in [-0.05, 0) is 38.2 Å². The van der Waals surface area contributed by atoms with E-state index in [0.717, 1.165) is 23.1 Å². The van der Waals surface area contributed by atoms with Gasteiger partial charge >= 0.3 is 11.7 Å². The van der Waals surface area contributed by atoms with Crippen LogP contribution in [0, 0.1) is 5.41 Å². The van der Waals surface area contributed by atoms with Crippen molar-refractivity contribution in [2.75, 3.05) is 6.61 Å². The van der Waals surface area contributed by atoms with Crippen LogP contribution in [0.15, 0.2) is 35.1 Å². The van der Waals surface area contributed by atoms with Crippen molar-refractivity contribution >= 4 is 11.9 Å². The number of esters is 1. The van der Waals surface area contributed by atoms with Crippen LogP contribution >= 0.6 is 0 Å². The molecular formula is C20H24N4O4. The Balaban J connectivity index is 1.69. The second-order valence-corrected chi connectivity index (χ2v) is 7.60. The van der Waals surface area contributed by atoms with E-state index in [4.69, 9.17) is 4.74 Å². The van der Waals surface area contributed by atoms with Crippen molar-refractivity contribution in [3.63, 3.8) is 0 Å². The molecule has 148 valence electrons. The molecule has 2 fully saturated rings. The Morgan fingerprint density at radius 1 is 1.29 bits per heavy atom. The van der Waals surface area contributed by atoms with Crippen molar-refractivity contribution in [1.82, 2.24) is 19.7 Å². The predicted octanol–water partition coefficient (Wildman–Crippen LogP) is 1.28. The van der Waals surface area contributed by atoms with E-state index in [2.05, 4.69) is 10.1 Å². The third-order valence-corrected chi connectivity index (χ3v) is 5.99. The van der Waals surface area contributed by atoms with Crippen molar-refractivity contribution in [2.45, 2.75) is 44.7 Å². The summed E-state index contributed by atoms with van der Waals surface area (Å²) in [5.41, 5.74) is -0.164. The Labute approximate surface area is 162 Å². The highest BCUT2D eigenvalue weighted by atomic mass is 16.5. The van der Waals surface area contributed by atoms with Crippen LogP contribution in [-0.2, 0) is 23.0 Å². The lowest BCUT2D eigenvalue weighted by Gasteiger charge is -2.35. The lowest BCUT2D eigenvalue weighted by atomic mass is 9.70. The molecule has 1 aromatic heterocycles. The first kappa shape index (κ1) is 18.5. The number of nitrogens with one attached hydrogen (secondary N) is 1. The number of amides is 1. The van der Waals surface area contributed by atoms with E-state index < -0.39 is 11.1 Å². The summed E-state index contributed by atoms with van der Waals surface area (Å²) in [5.74, 6) is -0.563. The molecule has 0 saturated carbocycles. The number of hydrogen-bond donors (Lipinski definition) is 1. The van der Waals surface area contributed by atoms with Gasteiger partial charge in [0.1, 0.15) is 0 Å². The molecule has 8 nitrogen and oxygen atoms in total. The molecule has 0 aliphatic carbocycles. The first-order valence-electron chi connectivity index (χ1n) is 9.63. The minimum absolute atomic E-state index is 0.0174. The van der Waals surface area contributed by atoms with Gasteiger partial charge in [-0.2, -0.15) is 0 Å². The van der Waals surface area contributed by atoms with Crippen LogP contribution in [0.5, 0.6) is 0 Å². The van der Waals surface area contributed by atoms with Gasteiger partial charge in [0.25, 0.3) is 5.91 Å². The monoisotopic (exact) mass is 384 g/mol. The zero-order chi connectivity index (χ0) is 19.9. The summed E-state index contributed by atoms with van der Waals surface area (Å²) in [5, 5.41) is 4.01. The van der Waals surface area contributed by atoms with Gasteiger partial charge in [0.2, 0.25) is 5.82 Å². The van der Waals surface area contributed by atoms with E-state index in [-0.39, 0.29) is 29.8 Å². The lowest BCUT2D eigenvalue weighted by Crippen LogP contribution is -2.47. The molecule has 1 amide bonds. The Morgan fingerprint density at radius 2 is 2.04 bits per heavy atom. The van der Waals surface area contributed by atoms with Crippen molar-refractivity contribution in [2.24, 2.45) is 12.5 Å². The van der Waals surface area contributed by atoms with E-state index in [1.165, 1.54) is 7.05 Å². The van der Waals surface area contributed by atoms with E-state index in [1.807, 2.05) is 30.3 Å². The third-order valence-electron chi connectivity index (χ3n) is 5.99. The molecule has 3 heterocycles. The highest BCUT2D eigenvalue weighted by Crippen LogP contribution is 2.52. The number of aromatic amines is 1. The van der Waals surface area contributed by atoms with Crippen LogP contribution in [0.1, 0.15) is 42.4 Å². The van der Waals surface area contributed by atoms with Gasteiger partial charge in [0, 0.05) is 19.1 Å². The first-order chi connectivity index (χ1) is 13.5. The number of carbonyl (C=O) groups is 2. The second kappa shape index (κ2) is 6.92. The normalized spacial score (nSPS) is 25.9. The molecule has 28 heavy (non-hydrogen) atoms. The van der Waals surface area contributed by atoms with Crippen molar-refractivity contribution in [1.29, 1.82) is 0 Å². The molecule has 2 bridgehead atoms. The Morgan fingerprint density at radius 3 is 2.68 bits per heavy atom. The molecule has 2 aliphatic rings.